The maximum atomic E-state index is 12.2. The minimum Gasteiger partial charge on any atom is -0.497 e. The van der Waals surface area contributed by atoms with Crippen molar-refractivity contribution in [1.29, 1.82) is 0 Å². The van der Waals surface area contributed by atoms with Gasteiger partial charge in [-0.2, -0.15) is 0 Å². The molecule has 0 aliphatic rings. The molecular formula is C16H16ClNO3. The topological polar surface area (TPSA) is 47.6 Å². The van der Waals surface area contributed by atoms with E-state index in [4.69, 9.17) is 21.1 Å². The predicted molar refractivity (Wildman–Crippen MR) is 82.2 cm³/mol. The van der Waals surface area contributed by atoms with Crippen LogP contribution in [0.15, 0.2) is 42.5 Å². The van der Waals surface area contributed by atoms with Gasteiger partial charge in [0.25, 0.3) is 5.91 Å². The minimum atomic E-state index is -0.216. The van der Waals surface area contributed by atoms with Gasteiger partial charge >= 0.3 is 0 Å². The molecule has 4 nitrogen and oxygen atoms in total. The van der Waals surface area contributed by atoms with Crippen LogP contribution in [-0.2, 0) is 6.54 Å². The van der Waals surface area contributed by atoms with Crippen LogP contribution in [0.4, 0.5) is 0 Å². The minimum absolute atomic E-state index is 0.216. The summed E-state index contributed by atoms with van der Waals surface area (Å²) in [5, 5.41) is 3.45. The number of hydrogen-bond donors (Lipinski definition) is 1. The quantitative estimate of drug-likeness (QED) is 0.922. The molecule has 0 radical (unpaired) electrons. The first kappa shape index (κ1) is 15.2. The van der Waals surface area contributed by atoms with E-state index in [0.29, 0.717) is 28.6 Å². The molecule has 0 fully saturated rings. The van der Waals surface area contributed by atoms with E-state index in [1.165, 1.54) is 0 Å². The summed E-state index contributed by atoms with van der Waals surface area (Å²) in [6.07, 6.45) is 0. The van der Waals surface area contributed by atoms with Crippen LogP contribution < -0.4 is 14.8 Å². The Labute approximate surface area is 128 Å². The molecule has 2 aromatic rings. The Hall–Kier alpha value is -2.20. The summed E-state index contributed by atoms with van der Waals surface area (Å²) in [4.78, 5) is 12.2. The van der Waals surface area contributed by atoms with Crippen LogP contribution in [0.5, 0.6) is 11.5 Å². The molecule has 2 rings (SSSR count). The SMILES string of the molecule is COc1cc(OC)cc(C(=O)NCc2ccccc2Cl)c1. The second-order valence-electron chi connectivity index (χ2n) is 4.38. The van der Waals surface area contributed by atoms with Gasteiger partial charge in [-0.25, -0.2) is 0 Å². The molecule has 0 spiro atoms. The van der Waals surface area contributed by atoms with Crippen LogP contribution in [0.1, 0.15) is 15.9 Å². The van der Waals surface area contributed by atoms with Crippen LogP contribution in [0.25, 0.3) is 0 Å². The summed E-state index contributed by atoms with van der Waals surface area (Å²) in [6.45, 7) is 0.359. The van der Waals surface area contributed by atoms with Gasteiger partial charge in [0.15, 0.2) is 0 Å². The van der Waals surface area contributed by atoms with Crippen molar-refractivity contribution in [3.8, 4) is 11.5 Å². The van der Waals surface area contributed by atoms with E-state index in [-0.39, 0.29) is 5.91 Å². The number of benzene rings is 2. The monoisotopic (exact) mass is 305 g/mol. The van der Waals surface area contributed by atoms with Crippen LogP contribution in [0.3, 0.4) is 0 Å². The molecule has 0 aromatic heterocycles. The molecule has 0 atom stereocenters. The van der Waals surface area contributed by atoms with E-state index in [1.807, 2.05) is 18.2 Å². The fourth-order valence-electron chi connectivity index (χ4n) is 1.86. The highest BCUT2D eigenvalue weighted by Crippen LogP contribution is 2.22. The van der Waals surface area contributed by atoms with E-state index in [0.717, 1.165) is 5.56 Å². The van der Waals surface area contributed by atoms with E-state index < -0.39 is 0 Å². The Morgan fingerprint density at radius 1 is 1.10 bits per heavy atom. The molecule has 110 valence electrons. The van der Waals surface area contributed by atoms with Crippen LogP contribution in [0.2, 0.25) is 5.02 Å². The van der Waals surface area contributed by atoms with Gasteiger partial charge in [0.1, 0.15) is 11.5 Å². The number of amides is 1. The molecule has 0 saturated carbocycles. The number of ether oxygens (including phenoxy) is 2. The van der Waals surface area contributed by atoms with E-state index in [1.54, 1.807) is 38.5 Å². The third-order valence-corrected chi connectivity index (χ3v) is 3.38. The smallest absolute Gasteiger partial charge is 0.251 e. The second-order valence-corrected chi connectivity index (χ2v) is 4.78. The van der Waals surface area contributed by atoms with Gasteiger partial charge in [-0.15, -0.1) is 0 Å². The molecule has 0 heterocycles. The first-order chi connectivity index (χ1) is 10.1. The van der Waals surface area contributed by atoms with Gasteiger partial charge in [-0.05, 0) is 23.8 Å². The van der Waals surface area contributed by atoms with Crippen molar-refractivity contribution in [2.24, 2.45) is 0 Å². The fourth-order valence-corrected chi connectivity index (χ4v) is 2.06. The lowest BCUT2D eigenvalue weighted by molar-refractivity contribution is 0.0950. The van der Waals surface area contributed by atoms with Crippen molar-refractivity contribution in [3.05, 3.63) is 58.6 Å². The zero-order valence-electron chi connectivity index (χ0n) is 11.9. The summed E-state index contributed by atoms with van der Waals surface area (Å²) in [7, 11) is 3.08. The van der Waals surface area contributed by atoms with Crippen LogP contribution in [0, 0.1) is 0 Å². The van der Waals surface area contributed by atoms with Crippen LogP contribution in [-0.4, -0.2) is 20.1 Å². The van der Waals surface area contributed by atoms with Gasteiger partial charge in [-0.3, -0.25) is 4.79 Å². The molecule has 21 heavy (non-hydrogen) atoms. The first-order valence-electron chi connectivity index (χ1n) is 6.38. The first-order valence-corrected chi connectivity index (χ1v) is 6.76. The number of hydrogen-bond acceptors (Lipinski definition) is 3. The Bertz CT molecular complexity index is 621. The fraction of sp³-hybridized carbons (Fsp3) is 0.188. The van der Waals surface area contributed by atoms with Gasteiger partial charge in [-0.1, -0.05) is 29.8 Å². The number of halogens is 1. The van der Waals surface area contributed by atoms with E-state index in [9.17, 15) is 4.79 Å². The molecule has 0 saturated heterocycles. The second kappa shape index (κ2) is 6.99. The number of methoxy groups -OCH3 is 2. The van der Waals surface area contributed by atoms with Gasteiger partial charge in [0, 0.05) is 23.2 Å². The molecule has 1 amide bonds. The maximum absolute atomic E-state index is 12.2. The average Bonchev–Trinajstić information content (AvgIpc) is 2.53. The maximum Gasteiger partial charge on any atom is 0.251 e. The highest BCUT2D eigenvalue weighted by atomic mass is 35.5. The summed E-state index contributed by atoms with van der Waals surface area (Å²) in [6, 6.07) is 12.4. The number of rotatable bonds is 5. The van der Waals surface area contributed by atoms with Crippen LogP contribution >= 0.6 is 11.6 Å². The van der Waals surface area contributed by atoms with Gasteiger partial charge in [0.2, 0.25) is 0 Å². The lowest BCUT2D eigenvalue weighted by atomic mass is 10.1. The van der Waals surface area contributed by atoms with Crippen molar-refractivity contribution in [2.75, 3.05) is 14.2 Å². The highest BCUT2D eigenvalue weighted by Gasteiger charge is 2.10. The summed E-state index contributed by atoms with van der Waals surface area (Å²) in [5.74, 6) is 0.918. The molecule has 0 aliphatic heterocycles. The number of carbonyl (C=O) groups is 1. The van der Waals surface area contributed by atoms with Crippen molar-refractivity contribution in [2.45, 2.75) is 6.54 Å². The standard InChI is InChI=1S/C16H16ClNO3/c1-20-13-7-12(8-14(9-13)21-2)16(19)18-10-11-5-3-4-6-15(11)17/h3-9H,10H2,1-2H3,(H,18,19). The highest BCUT2D eigenvalue weighted by molar-refractivity contribution is 6.31. The lowest BCUT2D eigenvalue weighted by Gasteiger charge is -2.10. The molecule has 0 unspecified atom stereocenters. The Morgan fingerprint density at radius 3 is 2.29 bits per heavy atom. The average molecular weight is 306 g/mol. The number of carbonyl (C=O) groups excluding carboxylic acids is 1. The molecule has 1 N–H and O–H groups in total. The van der Waals surface area contributed by atoms with Crippen molar-refractivity contribution >= 4 is 17.5 Å². The molecular weight excluding hydrogens is 290 g/mol. The Morgan fingerprint density at radius 2 is 1.71 bits per heavy atom. The largest absolute Gasteiger partial charge is 0.497 e. The third kappa shape index (κ3) is 3.89. The summed E-state index contributed by atoms with van der Waals surface area (Å²) >= 11 is 6.06. The Kier molecular flexibility index (Phi) is 5.06. The predicted octanol–water partition coefficient (Wildman–Crippen LogP) is 3.29. The van der Waals surface area contributed by atoms with Crippen molar-refractivity contribution in [3.63, 3.8) is 0 Å². The van der Waals surface area contributed by atoms with E-state index >= 15 is 0 Å². The van der Waals surface area contributed by atoms with Crippen molar-refractivity contribution in [1.82, 2.24) is 5.32 Å². The third-order valence-electron chi connectivity index (χ3n) is 3.01. The van der Waals surface area contributed by atoms with Gasteiger partial charge < -0.3 is 14.8 Å². The normalized spacial score (nSPS) is 10.0. The number of nitrogens with one attached hydrogen (secondary N) is 1. The van der Waals surface area contributed by atoms with Gasteiger partial charge in [0.05, 0.1) is 14.2 Å². The molecule has 0 bridgehead atoms. The summed E-state index contributed by atoms with van der Waals surface area (Å²) in [5.41, 5.74) is 1.33. The molecule has 2 aromatic carbocycles. The van der Waals surface area contributed by atoms with E-state index in [2.05, 4.69) is 5.32 Å². The molecule has 0 aliphatic carbocycles. The summed E-state index contributed by atoms with van der Waals surface area (Å²) < 4.78 is 10.3. The lowest BCUT2D eigenvalue weighted by Crippen LogP contribution is -2.23. The van der Waals surface area contributed by atoms with Crippen molar-refractivity contribution < 1.29 is 14.3 Å². The molecule has 5 heteroatoms. The zero-order valence-corrected chi connectivity index (χ0v) is 12.6. The zero-order chi connectivity index (χ0) is 15.2. The Balaban J connectivity index is 2.11.